The van der Waals surface area contributed by atoms with Gasteiger partial charge in [-0.2, -0.15) is 4.31 Å². The molecule has 204 valence electrons. The number of nitrogens with one attached hydrogen (secondary N) is 1. The van der Waals surface area contributed by atoms with Crippen LogP contribution in [0.25, 0.3) is 0 Å². The first-order valence-corrected chi connectivity index (χ1v) is 15.6. The number of piperidine rings is 1. The molecule has 2 aliphatic rings. The average Bonchev–Trinajstić information content (AvgIpc) is 3.25. The lowest BCUT2D eigenvalue weighted by Crippen LogP contribution is -2.37. The van der Waals surface area contributed by atoms with Crippen molar-refractivity contribution < 1.29 is 26.4 Å². The number of nitrogens with zero attached hydrogens (tertiary/aromatic N) is 2. The zero-order valence-corrected chi connectivity index (χ0v) is 23.3. The van der Waals surface area contributed by atoms with Crippen LogP contribution < -0.4 is 9.62 Å². The molecule has 39 heavy (non-hydrogen) atoms. The summed E-state index contributed by atoms with van der Waals surface area (Å²) >= 11 is 0. The molecule has 0 aromatic heterocycles. The number of carbonyl (C=O) groups excluding carboxylic acids is 2. The van der Waals surface area contributed by atoms with Gasteiger partial charge in [0.2, 0.25) is 10.0 Å². The highest BCUT2D eigenvalue weighted by Gasteiger charge is 2.34. The fourth-order valence-corrected chi connectivity index (χ4v) is 7.32. The first kappa shape index (κ1) is 27.0. The normalized spacial score (nSPS) is 16.8. The van der Waals surface area contributed by atoms with Crippen molar-refractivity contribution in [1.29, 1.82) is 0 Å². The monoisotopic (exact) mass is 567 g/mol. The Morgan fingerprint density at radius 1 is 0.872 bits per heavy atom. The van der Waals surface area contributed by atoms with E-state index in [1.54, 1.807) is 12.1 Å². The van der Waals surface area contributed by atoms with Gasteiger partial charge in [0.1, 0.15) is 0 Å². The quantitative estimate of drug-likeness (QED) is 0.485. The molecule has 3 aromatic rings. The van der Waals surface area contributed by atoms with Gasteiger partial charge in [-0.05, 0) is 73.7 Å². The topological polar surface area (TPSA) is 121 Å². The SMILES string of the molecule is Cc1ccc(N2Cc3cccc(C(=O)NS(=O)(=O)c4ccc(S(=O)(=O)N5CCC(C)CC5)cc4)c3C2=O)cc1. The first-order valence-electron chi connectivity index (χ1n) is 12.6. The van der Waals surface area contributed by atoms with E-state index in [-0.39, 0.29) is 27.5 Å². The van der Waals surface area contributed by atoms with E-state index in [0.29, 0.717) is 30.3 Å². The molecule has 0 spiro atoms. The van der Waals surface area contributed by atoms with Crippen LogP contribution in [0, 0.1) is 12.8 Å². The molecule has 1 fully saturated rings. The van der Waals surface area contributed by atoms with Crippen LogP contribution in [0.15, 0.2) is 76.5 Å². The van der Waals surface area contributed by atoms with E-state index >= 15 is 0 Å². The second kappa shape index (κ2) is 10.2. The van der Waals surface area contributed by atoms with Crippen LogP contribution in [-0.2, 0) is 26.6 Å². The van der Waals surface area contributed by atoms with Gasteiger partial charge in [0.15, 0.2) is 0 Å². The lowest BCUT2D eigenvalue weighted by atomic mass is 10.0. The number of hydrogen-bond acceptors (Lipinski definition) is 6. The minimum Gasteiger partial charge on any atom is -0.304 e. The summed E-state index contributed by atoms with van der Waals surface area (Å²) in [5.41, 5.74) is 2.44. The fraction of sp³-hybridized carbons (Fsp3) is 0.286. The third-order valence-corrected chi connectivity index (χ3v) is 10.5. The molecule has 0 radical (unpaired) electrons. The van der Waals surface area contributed by atoms with Gasteiger partial charge in [0.25, 0.3) is 21.8 Å². The molecule has 5 rings (SSSR count). The third-order valence-electron chi connectivity index (χ3n) is 7.27. The van der Waals surface area contributed by atoms with Crippen molar-refractivity contribution >= 4 is 37.5 Å². The van der Waals surface area contributed by atoms with Gasteiger partial charge in [-0.15, -0.1) is 0 Å². The minimum atomic E-state index is -4.34. The lowest BCUT2D eigenvalue weighted by Gasteiger charge is -2.29. The number of sulfonamides is 2. The van der Waals surface area contributed by atoms with Gasteiger partial charge in [0, 0.05) is 18.8 Å². The average molecular weight is 568 g/mol. The molecule has 2 amide bonds. The molecule has 0 bridgehead atoms. The summed E-state index contributed by atoms with van der Waals surface area (Å²) in [6.07, 6.45) is 1.54. The highest BCUT2D eigenvalue weighted by atomic mass is 32.2. The number of fused-ring (bicyclic) bond motifs is 1. The number of hydrogen-bond donors (Lipinski definition) is 1. The summed E-state index contributed by atoms with van der Waals surface area (Å²) in [6.45, 7) is 5.12. The Morgan fingerprint density at radius 3 is 2.13 bits per heavy atom. The Morgan fingerprint density at radius 2 is 1.49 bits per heavy atom. The highest BCUT2D eigenvalue weighted by molar-refractivity contribution is 7.90. The van der Waals surface area contributed by atoms with Crippen molar-refractivity contribution in [2.75, 3.05) is 18.0 Å². The van der Waals surface area contributed by atoms with E-state index in [1.165, 1.54) is 27.4 Å². The van der Waals surface area contributed by atoms with Crippen molar-refractivity contribution in [3.8, 4) is 0 Å². The van der Waals surface area contributed by atoms with Crippen LogP contribution in [0.1, 0.15) is 51.6 Å². The van der Waals surface area contributed by atoms with Gasteiger partial charge < -0.3 is 4.90 Å². The second-order valence-electron chi connectivity index (χ2n) is 10.1. The largest absolute Gasteiger partial charge is 0.304 e. The standard InChI is InChI=1S/C28H29N3O6S2/c1-19-6-8-22(9-7-19)31-18-21-4-3-5-25(26(21)28(31)33)27(32)29-38(34,35)23-10-12-24(13-11-23)39(36,37)30-16-14-20(2)15-17-30/h3-13,20H,14-18H2,1-2H3,(H,29,32). The molecule has 0 unspecified atom stereocenters. The van der Waals surface area contributed by atoms with Crippen molar-refractivity contribution in [1.82, 2.24) is 9.03 Å². The molecule has 0 aliphatic carbocycles. The minimum absolute atomic E-state index is 0.00926. The van der Waals surface area contributed by atoms with Crippen molar-refractivity contribution in [2.45, 2.75) is 43.0 Å². The van der Waals surface area contributed by atoms with Crippen LogP contribution in [0.4, 0.5) is 5.69 Å². The number of rotatable bonds is 6. The molecular weight excluding hydrogens is 538 g/mol. The molecule has 11 heteroatoms. The Bertz CT molecular complexity index is 1640. The van der Waals surface area contributed by atoms with Crippen molar-refractivity contribution in [3.63, 3.8) is 0 Å². The van der Waals surface area contributed by atoms with E-state index in [1.807, 2.05) is 35.9 Å². The van der Waals surface area contributed by atoms with Gasteiger partial charge >= 0.3 is 0 Å². The van der Waals surface area contributed by atoms with E-state index in [9.17, 15) is 26.4 Å². The highest BCUT2D eigenvalue weighted by Crippen LogP contribution is 2.31. The first-order chi connectivity index (χ1) is 18.5. The summed E-state index contributed by atoms with van der Waals surface area (Å²) in [7, 11) is -8.09. The molecule has 1 N–H and O–H groups in total. The summed E-state index contributed by atoms with van der Waals surface area (Å²) in [5, 5.41) is 0. The van der Waals surface area contributed by atoms with Crippen LogP contribution in [0.2, 0.25) is 0 Å². The van der Waals surface area contributed by atoms with Gasteiger partial charge in [0.05, 0.1) is 27.5 Å². The Balaban J connectivity index is 1.35. The van der Waals surface area contributed by atoms with Gasteiger partial charge in [-0.1, -0.05) is 36.8 Å². The van der Waals surface area contributed by atoms with E-state index in [2.05, 4.69) is 6.92 Å². The molecule has 2 aliphatic heterocycles. The number of benzene rings is 3. The Labute approximate surface area is 228 Å². The summed E-state index contributed by atoms with van der Waals surface area (Å²) in [5.74, 6) is -0.872. The van der Waals surface area contributed by atoms with Crippen LogP contribution in [0.3, 0.4) is 0 Å². The molecule has 3 aromatic carbocycles. The number of aryl methyl sites for hydroxylation is 1. The zero-order valence-electron chi connectivity index (χ0n) is 21.6. The molecule has 0 saturated carbocycles. The summed E-state index contributed by atoms with van der Waals surface area (Å²) in [6, 6.07) is 16.9. The van der Waals surface area contributed by atoms with Crippen LogP contribution >= 0.6 is 0 Å². The smallest absolute Gasteiger partial charge is 0.265 e. The maximum absolute atomic E-state index is 13.3. The van der Waals surface area contributed by atoms with E-state index < -0.39 is 31.9 Å². The third kappa shape index (κ3) is 5.21. The molecule has 1 saturated heterocycles. The molecule has 2 heterocycles. The molecule has 0 atom stereocenters. The predicted octanol–water partition coefficient (Wildman–Crippen LogP) is 3.69. The predicted molar refractivity (Wildman–Crippen MR) is 146 cm³/mol. The van der Waals surface area contributed by atoms with Crippen LogP contribution in [-0.4, -0.2) is 46.0 Å². The second-order valence-corrected chi connectivity index (χ2v) is 13.7. The van der Waals surface area contributed by atoms with Gasteiger partial charge in [-0.3, -0.25) is 9.59 Å². The molecule has 9 nitrogen and oxygen atoms in total. The zero-order chi connectivity index (χ0) is 27.9. The fourth-order valence-electron chi connectivity index (χ4n) is 4.89. The van der Waals surface area contributed by atoms with Crippen LogP contribution in [0.5, 0.6) is 0 Å². The van der Waals surface area contributed by atoms with Crippen molar-refractivity contribution in [2.24, 2.45) is 5.92 Å². The summed E-state index contributed by atoms with van der Waals surface area (Å²) in [4.78, 5) is 27.6. The lowest BCUT2D eigenvalue weighted by molar-refractivity contribution is 0.0956. The maximum atomic E-state index is 13.3. The number of amides is 2. The number of anilines is 1. The Kier molecular flexibility index (Phi) is 7.08. The van der Waals surface area contributed by atoms with Gasteiger partial charge in [-0.25, -0.2) is 21.6 Å². The number of carbonyl (C=O) groups is 2. The summed E-state index contributed by atoms with van der Waals surface area (Å²) < 4.78 is 55.4. The van der Waals surface area contributed by atoms with E-state index in [0.717, 1.165) is 30.5 Å². The molecular formula is C28H29N3O6S2. The Hall–Kier alpha value is -3.54. The van der Waals surface area contributed by atoms with E-state index in [4.69, 9.17) is 0 Å². The van der Waals surface area contributed by atoms with Crippen molar-refractivity contribution in [3.05, 3.63) is 89.0 Å². The maximum Gasteiger partial charge on any atom is 0.265 e.